The fourth-order valence-electron chi connectivity index (χ4n) is 6.59. The third-order valence-electron chi connectivity index (χ3n) is 9.39. The molecule has 1 atom stereocenters. The van der Waals surface area contributed by atoms with Crippen molar-refractivity contribution in [3.05, 3.63) is 88.6 Å². The van der Waals surface area contributed by atoms with E-state index < -0.39 is 26.2 Å². The van der Waals surface area contributed by atoms with Gasteiger partial charge in [-0.25, -0.2) is 17.9 Å². The Balaban J connectivity index is 1.54. The van der Waals surface area contributed by atoms with E-state index in [1.54, 1.807) is 41.5 Å². The van der Waals surface area contributed by atoms with Crippen molar-refractivity contribution in [1.82, 2.24) is 19.6 Å². The topological polar surface area (TPSA) is 157 Å². The number of para-hydroxylation sites is 1. The summed E-state index contributed by atoms with van der Waals surface area (Å²) in [6.07, 6.45) is 4.20. The van der Waals surface area contributed by atoms with Crippen molar-refractivity contribution in [3.63, 3.8) is 0 Å². The Morgan fingerprint density at radius 3 is 2.48 bits per heavy atom. The molecule has 2 aliphatic rings. The Bertz CT molecular complexity index is 2080. The van der Waals surface area contributed by atoms with E-state index in [1.165, 1.54) is 6.07 Å². The molecule has 2 N–H and O–H groups in total. The Morgan fingerprint density at radius 2 is 1.85 bits per heavy atom. The standard InChI is InChI=1S/C35H39N5O7S/c1-6-46-33-36-28-14-10-13-26(31(41)42)29(28)40(33)20-24-15-16-27(25-11-8-7-9-12-25)35(19-24,21-39-18-17-34(4,5)32(39)43)48(44,45)38-30-22(2)23(3)37-47-30/h7-16,38H,6,17-21H2,1-5H3,(H,41,42). The monoisotopic (exact) mass is 673 g/mol. The highest BCUT2D eigenvalue weighted by Gasteiger charge is 2.53. The van der Waals surface area contributed by atoms with E-state index in [9.17, 15) is 14.7 Å². The maximum atomic E-state index is 15.0. The number of aromatic carboxylic acids is 1. The molecule has 4 aromatic rings. The molecule has 13 heteroatoms. The molecule has 252 valence electrons. The highest BCUT2D eigenvalue weighted by molar-refractivity contribution is 7.94. The minimum Gasteiger partial charge on any atom is -0.478 e. The number of carbonyl (C=O) groups is 2. The second kappa shape index (κ2) is 12.3. The van der Waals surface area contributed by atoms with Gasteiger partial charge in [0.1, 0.15) is 4.75 Å². The number of nitrogens with zero attached hydrogens (tertiary/aromatic N) is 4. The van der Waals surface area contributed by atoms with Crippen LogP contribution < -0.4 is 9.46 Å². The normalized spacial score (nSPS) is 19.4. The molecule has 2 aromatic heterocycles. The number of nitrogens with one attached hydrogen (secondary N) is 1. The van der Waals surface area contributed by atoms with Gasteiger partial charge >= 0.3 is 5.97 Å². The molecule has 0 bridgehead atoms. The quantitative estimate of drug-likeness (QED) is 0.207. The maximum absolute atomic E-state index is 15.0. The number of hydrogen-bond donors (Lipinski definition) is 2. The molecule has 12 nitrogen and oxygen atoms in total. The zero-order chi connectivity index (χ0) is 34.4. The molecule has 1 aliphatic carbocycles. The highest BCUT2D eigenvalue weighted by Crippen LogP contribution is 2.46. The molecule has 0 radical (unpaired) electrons. The van der Waals surface area contributed by atoms with E-state index in [1.807, 2.05) is 57.2 Å². The number of hydrogen-bond acceptors (Lipinski definition) is 8. The summed E-state index contributed by atoms with van der Waals surface area (Å²) in [6.45, 7) is 9.64. The molecule has 1 fully saturated rings. The summed E-state index contributed by atoms with van der Waals surface area (Å²) in [4.78, 5) is 32.2. The van der Waals surface area contributed by atoms with Crippen molar-refractivity contribution in [2.75, 3.05) is 24.4 Å². The average molecular weight is 674 g/mol. The van der Waals surface area contributed by atoms with Crippen molar-refractivity contribution in [2.24, 2.45) is 5.41 Å². The zero-order valence-electron chi connectivity index (χ0n) is 27.6. The molecule has 1 saturated heterocycles. The number of aromatic nitrogens is 3. The van der Waals surface area contributed by atoms with Crippen LogP contribution in [0.4, 0.5) is 5.88 Å². The number of sulfonamides is 1. The smallest absolute Gasteiger partial charge is 0.337 e. The minimum atomic E-state index is -4.39. The van der Waals surface area contributed by atoms with E-state index >= 15 is 8.42 Å². The van der Waals surface area contributed by atoms with Crippen molar-refractivity contribution >= 4 is 44.4 Å². The first-order chi connectivity index (χ1) is 22.8. The van der Waals surface area contributed by atoms with Crippen molar-refractivity contribution < 1.29 is 32.4 Å². The van der Waals surface area contributed by atoms with Crippen LogP contribution in [0.25, 0.3) is 16.6 Å². The minimum absolute atomic E-state index is 0.00815. The Hall–Kier alpha value is -4.91. The van der Waals surface area contributed by atoms with Gasteiger partial charge in [0.15, 0.2) is 0 Å². The van der Waals surface area contributed by atoms with Crippen LogP contribution >= 0.6 is 0 Å². The van der Waals surface area contributed by atoms with Crippen LogP contribution in [0.5, 0.6) is 6.01 Å². The second-order valence-corrected chi connectivity index (χ2v) is 15.0. The summed E-state index contributed by atoms with van der Waals surface area (Å²) in [5.41, 5.74) is 3.17. The van der Waals surface area contributed by atoms with Gasteiger partial charge in [0.25, 0.3) is 6.01 Å². The van der Waals surface area contributed by atoms with Gasteiger partial charge in [-0.05, 0) is 62.5 Å². The lowest BCUT2D eigenvalue weighted by atomic mass is 9.81. The molecule has 0 saturated carbocycles. The number of fused-ring (bicyclic) bond motifs is 1. The molecule has 48 heavy (non-hydrogen) atoms. The summed E-state index contributed by atoms with van der Waals surface area (Å²) < 4.78 is 44.0. The number of imidazole rings is 1. The molecule has 2 aromatic carbocycles. The molecule has 6 rings (SSSR count). The van der Waals surface area contributed by atoms with Crippen LogP contribution in [0.2, 0.25) is 0 Å². The van der Waals surface area contributed by atoms with Crippen molar-refractivity contribution in [2.45, 2.75) is 58.8 Å². The van der Waals surface area contributed by atoms with Crippen molar-refractivity contribution in [3.8, 4) is 6.01 Å². The highest BCUT2D eigenvalue weighted by atomic mass is 32.2. The molecule has 1 unspecified atom stereocenters. The first kappa shape index (κ1) is 33.0. The first-order valence-electron chi connectivity index (χ1n) is 15.8. The summed E-state index contributed by atoms with van der Waals surface area (Å²) in [5.74, 6) is -1.24. The number of carboxylic acid groups (broad SMARTS) is 1. The molecule has 1 amide bonds. The molecule has 0 spiro atoms. The number of aryl methyl sites for hydroxylation is 1. The molecular weight excluding hydrogens is 634 g/mol. The third-order valence-corrected chi connectivity index (χ3v) is 11.4. The Labute approximate surface area is 279 Å². The predicted octanol–water partition coefficient (Wildman–Crippen LogP) is 5.59. The van der Waals surface area contributed by atoms with Crippen molar-refractivity contribution in [1.29, 1.82) is 0 Å². The van der Waals surface area contributed by atoms with E-state index in [-0.39, 0.29) is 49.5 Å². The fourth-order valence-corrected chi connectivity index (χ4v) is 8.40. The number of rotatable bonds is 11. The van der Waals surface area contributed by atoms with Crippen LogP contribution in [0.1, 0.15) is 60.8 Å². The number of benzene rings is 2. The van der Waals surface area contributed by atoms with Crippen LogP contribution in [-0.4, -0.2) is 69.5 Å². The number of carbonyl (C=O) groups excluding carboxylic acids is 1. The number of carboxylic acids is 1. The van der Waals surface area contributed by atoms with E-state index in [2.05, 4.69) is 14.9 Å². The number of anilines is 1. The van der Waals surface area contributed by atoms with Gasteiger partial charge in [-0.15, -0.1) is 0 Å². The second-order valence-electron chi connectivity index (χ2n) is 13.0. The van der Waals surface area contributed by atoms with Gasteiger partial charge in [-0.1, -0.05) is 67.6 Å². The van der Waals surface area contributed by atoms with E-state index in [0.29, 0.717) is 52.0 Å². The number of ether oxygens (including phenoxy) is 1. The van der Waals surface area contributed by atoms with Gasteiger partial charge in [0.2, 0.25) is 21.8 Å². The fraction of sp³-hybridized carbons (Fsp3) is 0.371. The number of allylic oxidation sites excluding steroid dienone is 3. The van der Waals surface area contributed by atoms with Gasteiger partial charge in [-0.2, -0.15) is 4.98 Å². The maximum Gasteiger partial charge on any atom is 0.337 e. The third kappa shape index (κ3) is 5.65. The lowest BCUT2D eigenvalue weighted by Crippen LogP contribution is -2.54. The van der Waals surface area contributed by atoms with Crippen LogP contribution in [-0.2, 0) is 21.4 Å². The lowest BCUT2D eigenvalue weighted by Gasteiger charge is -2.41. The Morgan fingerprint density at radius 1 is 1.10 bits per heavy atom. The number of likely N-dealkylation sites (tertiary alicyclic amines) is 1. The SMILES string of the molecule is CCOc1nc2cccc(C(=O)O)c2n1CC1=CC=C(c2ccccc2)C(CN2CCC(C)(C)C2=O)(S(=O)(=O)Nc2onc(C)c2C)C1. The van der Waals surface area contributed by atoms with Crippen LogP contribution in [0.15, 0.2) is 70.8 Å². The van der Waals surface area contributed by atoms with E-state index in [4.69, 9.17) is 9.26 Å². The summed E-state index contributed by atoms with van der Waals surface area (Å²) in [6, 6.07) is 14.3. The first-order valence-corrected chi connectivity index (χ1v) is 17.3. The lowest BCUT2D eigenvalue weighted by molar-refractivity contribution is -0.134. The molecule has 1 aliphatic heterocycles. The van der Waals surface area contributed by atoms with Gasteiger partial charge < -0.3 is 19.3 Å². The summed E-state index contributed by atoms with van der Waals surface area (Å²) in [7, 11) is -4.39. The Kier molecular flexibility index (Phi) is 8.44. The molecule has 3 heterocycles. The average Bonchev–Trinajstić information content (AvgIpc) is 3.65. The van der Waals surface area contributed by atoms with Crippen LogP contribution in [0, 0.1) is 19.3 Å². The number of amides is 1. The zero-order valence-corrected chi connectivity index (χ0v) is 28.4. The summed E-state index contributed by atoms with van der Waals surface area (Å²) >= 11 is 0. The van der Waals surface area contributed by atoms with Gasteiger partial charge in [0, 0.05) is 30.6 Å². The van der Waals surface area contributed by atoms with Gasteiger partial charge in [0.05, 0.1) is 28.9 Å². The largest absolute Gasteiger partial charge is 0.478 e. The predicted molar refractivity (Wildman–Crippen MR) is 181 cm³/mol. The van der Waals surface area contributed by atoms with Gasteiger partial charge in [-0.3, -0.25) is 9.36 Å². The summed E-state index contributed by atoms with van der Waals surface area (Å²) in [5, 5.41) is 14.0. The van der Waals surface area contributed by atoms with E-state index in [0.717, 1.165) is 0 Å². The van der Waals surface area contributed by atoms with Crippen LogP contribution in [0.3, 0.4) is 0 Å². The molecular formula is C35H39N5O7S.